The molecule has 0 saturated carbocycles. The lowest BCUT2D eigenvalue weighted by Crippen LogP contribution is -2.27. The Labute approximate surface area is 94.8 Å². The van der Waals surface area contributed by atoms with E-state index in [9.17, 15) is 0 Å². The molecule has 1 N–H and O–H groups in total. The minimum atomic E-state index is 0.633. The van der Waals surface area contributed by atoms with Gasteiger partial charge in [-0.05, 0) is 31.7 Å². The van der Waals surface area contributed by atoms with Crippen LogP contribution >= 0.6 is 0 Å². The van der Waals surface area contributed by atoms with Gasteiger partial charge in [0.05, 0.1) is 6.61 Å². The standard InChI is InChI=1S/C13H27NO/c1-3-5-7-12(4-2)10-15-11-13-8-6-9-14-13/h12-14H,3-11H2,1-2H3/t12?,13-/m0/s1. The van der Waals surface area contributed by atoms with Gasteiger partial charge >= 0.3 is 0 Å². The molecule has 1 aliphatic heterocycles. The van der Waals surface area contributed by atoms with Crippen LogP contribution in [-0.4, -0.2) is 25.8 Å². The molecule has 0 bridgehead atoms. The Balaban J connectivity index is 2.00. The molecule has 1 heterocycles. The molecule has 2 heteroatoms. The van der Waals surface area contributed by atoms with Gasteiger partial charge in [0.15, 0.2) is 0 Å². The zero-order chi connectivity index (χ0) is 10.9. The van der Waals surface area contributed by atoms with Gasteiger partial charge in [-0.1, -0.05) is 33.1 Å². The summed E-state index contributed by atoms with van der Waals surface area (Å²) < 4.78 is 5.81. The van der Waals surface area contributed by atoms with Crippen molar-refractivity contribution < 1.29 is 4.74 Å². The van der Waals surface area contributed by atoms with Crippen LogP contribution in [-0.2, 0) is 4.74 Å². The second-order valence-electron chi connectivity index (χ2n) is 4.75. The predicted molar refractivity (Wildman–Crippen MR) is 65.1 cm³/mol. The van der Waals surface area contributed by atoms with E-state index in [2.05, 4.69) is 19.2 Å². The molecule has 0 aromatic heterocycles. The van der Waals surface area contributed by atoms with Crippen LogP contribution < -0.4 is 5.32 Å². The topological polar surface area (TPSA) is 21.3 Å². The molecular formula is C13H27NO. The van der Waals surface area contributed by atoms with Crippen LogP contribution in [0.1, 0.15) is 52.4 Å². The summed E-state index contributed by atoms with van der Waals surface area (Å²) in [7, 11) is 0. The summed E-state index contributed by atoms with van der Waals surface area (Å²) in [5.41, 5.74) is 0. The van der Waals surface area contributed by atoms with E-state index in [-0.39, 0.29) is 0 Å². The Kier molecular flexibility index (Phi) is 7.03. The van der Waals surface area contributed by atoms with E-state index in [0.29, 0.717) is 6.04 Å². The molecule has 0 amide bonds. The molecule has 1 fully saturated rings. The molecule has 0 aromatic rings. The first-order chi connectivity index (χ1) is 7.36. The van der Waals surface area contributed by atoms with Crippen molar-refractivity contribution in [3.8, 4) is 0 Å². The van der Waals surface area contributed by atoms with Crippen LogP contribution in [0.3, 0.4) is 0 Å². The zero-order valence-corrected chi connectivity index (χ0v) is 10.4. The Bertz CT molecular complexity index is 143. The first-order valence-corrected chi connectivity index (χ1v) is 6.68. The SMILES string of the molecule is CCCCC(CC)COC[C@@H]1CCCN1. The maximum atomic E-state index is 5.81. The van der Waals surface area contributed by atoms with Gasteiger partial charge in [-0.2, -0.15) is 0 Å². The van der Waals surface area contributed by atoms with Gasteiger partial charge < -0.3 is 10.1 Å². The number of nitrogens with one attached hydrogen (secondary N) is 1. The molecule has 1 saturated heterocycles. The van der Waals surface area contributed by atoms with Crippen LogP contribution in [0.2, 0.25) is 0 Å². The van der Waals surface area contributed by atoms with Crippen molar-refractivity contribution in [2.24, 2.45) is 5.92 Å². The highest BCUT2D eigenvalue weighted by atomic mass is 16.5. The second kappa shape index (κ2) is 8.12. The molecule has 2 nitrogen and oxygen atoms in total. The summed E-state index contributed by atoms with van der Waals surface area (Å²) in [4.78, 5) is 0. The van der Waals surface area contributed by atoms with Crippen LogP contribution in [0.4, 0.5) is 0 Å². The average Bonchev–Trinajstić information content (AvgIpc) is 2.76. The third kappa shape index (κ3) is 5.53. The summed E-state index contributed by atoms with van der Waals surface area (Å²) in [5, 5.41) is 3.47. The minimum Gasteiger partial charge on any atom is -0.380 e. The van der Waals surface area contributed by atoms with E-state index < -0.39 is 0 Å². The Morgan fingerprint density at radius 1 is 1.40 bits per heavy atom. The number of rotatable bonds is 8. The van der Waals surface area contributed by atoms with E-state index >= 15 is 0 Å². The highest BCUT2D eigenvalue weighted by Gasteiger charge is 2.14. The molecule has 0 radical (unpaired) electrons. The lowest BCUT2D eigenvalue weighted by molar-refractivity contribution is 0.0803. The highest BCUT2D eigenvalue weighted by Crippen LogP contribution is 2.13. The predicted octanol–water partition coefficient (Wildman–Crippen LogP) is 2.97. The smallest absolute Gasteiger partial charge is 0.0619 e. The van der Waals surface area contributed by atoms with E-state index in [0.717, 1.165) is 19.1 Å². The van der Waals surface area contributed by atoms with Gasteiger partial charge in [0.2, 0.25) is 0 Å². The van der Waals surface area contributed by atoms with Crippen molar-refractivity contribution in [2.45, 2.75) is 58.4 Å². The minimum absolute atomic E-state index is 0.633. The van der Waals surface area contributed by atoms with Gasteiger partial charge in [-0.15, -0.1) is 0 Å². The monoisotopic (exact) mass is 213 g/mol. The van der Waals surface area contributed by atoms with Gasteiger partial charge in [0, 0.05) is 12.6 Å². The number of hydrogen-bond acceptors (Lipinski definition) is 2. The van der Waals surface area contributed by atoms with Gasteiger partial charge in [-0.3, -0.25) is 0 Å². The summed E-state index contributed by atoms with van der Waals surface area (Å²) >= 11 is 0. The van der Waals surface area contributed by atoms with Gasteiger partial charge in [0.25, 0.3) is 0 Å². The largest absolute Gasteiger partial charge is 0.380 e. The van der Waals surface area contributed by atoms with E-state index in [4.69, 9.17) is 4.74 Å². The molecule has 1 rings (SSSR count). The fourth-order valence-electron chi connectivity index (χ4n) is 2.17. The first kappa shape index (κ1) is 13.0. The molecule has 0 aromatic carbocycles. The number of unbranched alkanes of at least 4 members (excludes halogenated alkanes) is 1. The maximum Gasteiger partial charge on any atom is 0.0619 e. The third-order valence-electron chi connectivity index (χ3n) is 3.38. The third-order valence-corrected chi connectivity index (χ3v) is 3.38. The van der Waals surface area contributed by atoms with Crippen LogP contribution in [0.15, 0.2) is 0 Å². The van der Waals surface area contributed by atoms with Crippen molar-refractivity contribution in [1.29, 1.82) is 0 Å². The summed E-state index contributed by atoms with van der Waals surface area (Å²) in [6.07, 6.45) is 7.88. The fourth-order valence-corrected chi connectivity index (χ4v) is 2.17. The maximum absolute atomic E-state index is 5.81. The van der Waals surface area contributed by atoms with Gasteiger partial charge in [0.1, 0.15) is 0 Å². The lowest BCUT2D eigenvalue weighted by atomic mass is 10.0. The van der Waals surface area contributed by atoms with Crippen LogP contribution in [0.5, 0.6) is 0 Å². The van der Waals surface area contributed by atoms with Crippen molar-refractivity contribution in [1.82, 2.24) is 5.32 Å². The fraction of sp³-hybridized carbons (Fsp3) is 1.00. The molecular weight excluding hydrogens is 186 g/mol. The molecule has 0 spiro atoms. The lowest BCUT2D eigenvalue weighted by Gasteiger charge is -2.16. The molecule has 1 aliphatic rings. The van der Waals surface area contributed by atoms with Crippen molar-refractivity contribution in [3.63, 3.8) is 0 Å². The summed E-state index contributed by atoms with van der Waals surface area (Å²) in [6.45, 7) is 7.60. The Hall–Kier alpha value is -0.0800. The Morgan fingerprint density at radius 2 is 2.27 bits per heavy atom. The number of ether oxygens (including phenoxy) is 1. The van der Waals surface area contributed by atoms with Gasteiger partial charge in [-0.25, -0.2) is 0 Å². The first-order valence-electron chi connectivity index (χ1n) is 6.68. The zero-order valence-electron chi connectivity index (χ0n) is 10.4. The second-order valence-corrected chi connectivity index (χ2v) is 4.75. The quantitative estimate of drug-likeness (QED) is 0.669. The molecule has 1 unspecified atom stereocenters. The van der Waals surface area contributed by atoms with Crippen molar-refractivity contribution >= 4 is 0 Å². The molecule has 15 heavy (non-hydrogen) atoms. The Morgan fingerprint density at radius 3 is 2.87 bits per heavy atom. The highest BCUT2D eigenvalue weighted by molar-refractivity contribution is 4.73. The average molecular weight is 213 g/mol. The van der Waals surface area contributed by atoms with E-state index in [1.165, 1.54) is 45.1 Å². The van der Waals surface area contributed by atoms with E-state index in [1.807, 2.05) is 0 Å². The molecule has 90 valence electrons. The summed E-state index contributed by atoms with van der Waals surface area (Å²) in [5.74, 6) is 0.784. The molecule has 2 atom stereocenters. The van der Waals surface area contributed by atoms with Crippen LogP contribution in [0.25, 0.3) is 0 Å². The van der Waals surface area contributed by atoms with Crippen molar-refractivity contribution in [3.05, 3.63) is 0 Å². The number of hydrogen-bond donors (Lipinski definition) is 1. The van der Waals surface area contributed by atoms with Crippen molar-refractivity contribution in [2.75, 3.05) is 19.8 Å². The summed E-state index contributed by atoms with van der Waals surface area (Å²) in [6, 6.07) is 0.633. The van der Waals surface area contributed by atoms with Crippen LogP contribution in [0, 0.1) is 5.92 Å². The molecule has 0 aliphatic carbocycles. The van der Waals surface area contributed by atoms with E-state index in [1.54, 1.807) is 0 Å². The normalized spacial score (nSPS) is 23.2.